The number of carbonyl (C=O) groups excluding carboxylic acids is 2. The molecule has 0 atom stereocenters. The minimum atomic E-state index is -0.659. The molecular formula is C23H24N2O5. The quantitative estimate of drug-likeness (QED) is 0.628. The van der Waals surface area contributed by atoms with Gasteiger partial charge in [-0.15, -0.1) is 0 Å². The van der Waals surface area contributed by atoms with Gasteiger partial charge in [0.1, 0.15) is 11.3 Å². The molecule has 1 amide bonds. The van der Waals surface area contributed by atoms with Crippen LogP contribution in [0, 0.1) is 6.92 Å². The maximum atomic E-state index is 12.9. The van der Waals surface area contributed by atoms with Crippen molar-refractivity contribution in [1.29, 1.82) is 0 Å². The SMILES string of the molecule is CCOC(=O)c1cn(CC)c2ccc(NC(=O)c3ccc(C)c(OC)c3)cc2c1=O. The molecular weight excluding hydrogens is 384 g/mol. The molecule has 0 radical (unpaired) electrons. The Morgan fingerprint density at radius 3 is 2.53 bits per heavy atom. The van der Waals surface area contributed by atoms with Gasteiger partial charge in [0.05, 0.1) is 19.2 Å². The summed E-state index contributed by atoms with van der Waals surface area (Å²) in [5.41, 5.74) is 2.02. The van der Waals surface area contributed by atoms with E-state index in [9.17, 15) is 14.4 Å². The number of nitrogens with one attached hydrogen (secondary N) is 1. The van der Waals surface area contributed by atoms with E-state index in [1.165, 1.54) is 6.20 Å². The Morgan fingerprint density at radius 1 is 1.10 bits per heavy atom. The van der Waals surface area contributed by atoms with Gasteiger partial charge in [-0.05, 0) is 56.7 Å². The lowest BCUT2D eigenvalue weighted by atomic mass is 10.1. The van der Waals surface area contributed by atoms with Crippen molar-refractivity contribution < 1.29 is 19.1 Å². The van der Waals surface area contributed by atoms with E-state index in [0.29, 0.717) is 34.4 Å². The fraction of sp³-hybridized carbons (Fsp3) is 0.261. The first-order valence-corrected chi connectivity index (χ1v) is 9.69. The number of pyridine rings is 1. The molecule has 0 saturated carbocycles. The number of fused-ring (bicyclic) bond motifs is 1. The summed E-state index contributed by atoms with van der Waals surface area (Å²) < 4.78 is 12.1. The summed E-state index contributed by atoms with van der Waals surface area (Å²) in [6.07, 6.45) is 1.51. The van der Waals surface area contributed by atoms with E-state index in [4.69, 9.17) is 9.47 Å². The number of rotatable bonds is 6. The van der Waals surface area contributed by atoms with Crippen LogP contribution in [-0.4, -0.2) is 30.2 Å². The molecule has 1 N–H and O–H groups in total. The highest BCUT2D eigenvalue weighted by molar-refractivity contribution is 6.05. The number of amides is 1. The lowest BCUT2D eigenvalue weighted by Crippen LogP contribution is -2.21. The maximum Gasteiger partial charge on any atom is 0.343 e. The second kappa shape index (κ2) is 8.82. The third-order valence-electron chi connectivity index (χ3n) is 4.84. The summed E-state index contributed by atoms with van der Waals surface area (Å²) in [5, 5.41) is 3.14. The Kier molecular flexibility index (Phi) is 6.20. The summed E-state index contributed by atoms with van der Waals surface area (Å²) in [7, 11) is 1.55. The predicted molar refractivity (Wildman–Crippen MR) is 116 cm³/mol. The number of carbonyl (C=O) groups is 2. The number of nitrogens with zero attached hydrogens (tertiary/aromatic N) is 1. The molecule has 0 saturated heterocycles. The molecule has 0 bridgehead atoms. The second-order valence-electron chi connectivity index (χ2n) is 6.75. The number of aryl methyl sites for hydroxylation is 2. The van der Waals surface area contributed by atoms with E-state index in [1.807, 2.05) is 13.8 Å². The number of methoxy groups -OCH3 is 1. The number of esters is 1. The smallest absolute Gasteiger partial charge is 0.343 e. The number of aromatic nitrogens is 1. The Morgan fingerprint density at radius 2 is 1.87 bits per heavy atom. The monoisotopic (exact) mass is 408 g/mol. The number of hydrogen-bond donors (Lipinski definition) is 1. The summed E-state index contributed by atoms with van der Waals surface area (Å²) in [5.74, 6) is -0.371. The molecule has 0 aliphatic heterocycles. The molecule has 2 aromatic carbocycles. The zero-order chi connectivity index (χ0) is 21.8. The first-order valence-electron chi connectivity index (χ1n) is 9.69. The van der Waals surface area contributed by atoms with Gasteiger partial charge in [0.2, 0.25) is 5.43 Å². The van der Waals surface area contributed by atoms with Crippen molar-refractivity contribution in [2.45, 2.75) is 27.3 Å². The molecule has 156 valence electrons. The Balaban J connectivity index is 2.01. The lowest BCUT2D eigenvalue weighted by molar-refractivity contribution is 0.0524. The van der Waals surface area contributed by atoms with Gasteiger partial charge in [-0.25, -0.2) is 4.79 Å². The van der Waals surface area contributed by atoms with Crippen molar-refractivity contribution in [3.05, 3.63) is 69.5 Å². The average Bonchev–Trinajstić information content (AvgIpc) is 2.74. The summed E-state index contributed by atoms with van der Waals surface area (Å²) in [6.45, 7) is 6.24. The standard InChI is InChI=1S/C23H24N2O5/c1-5-25-13-18(23(28)30-6-2)21(26)17-12-16(9-10-19(17)25)24-22(27)15-8-7-14(3)20(11-15)29-4/h7-13H,5-6H2,1-4H3,(H,24,27). The van der Waals surface area contributed by atoms with Crippen molar-refractivity contribution in [2.24, 2.45) is 0 Å². The van der Waals surface area contributed by atoms with E-state index in [0.717, 1.165) is 5.56 Å². The minimum Gasteiger partial charge on any atom is -0.496 e. The van der Waals surface area contributed by atoms with Crippen LogP contribution < -0.4 is 15.5 Å². The molecule has 1 heterocycles. The van der Waals surface area contributed by atoms with E-state index >= 15 is 0 Å². The first-order chi connectivity index (χ1) is 14.4. The summed E-state index contributed by atoms with van der Waals surface area (Å²) in [4.78, 5) is 37.8. The van der Waals surface area contributed by atoms with Crippen LogP contribution in [0.4, 0.5) is 5.69 Å². The molecule has 7 nitrogen and oxygen atoms in total. The fourth-order valence-corrected chi connectivity index (χ4v) is 3.26. The fourth-order valence-electron chi connectivity index (χ4n) is 3.26. The second-order valence-corrected chi connectivity index (χ2v) is 6.75. The van der Waals surface area contributed by atoms with Crippen LogP contribution >= 0.6 is 0 Å². The van der Waals surface area contributed by atoms with E-state index in [1.54, 1.807) is 55.0 Å². The number of anilines is 1. The maximum absolute atomic E-state index is 12.9. The molecule has 0 spiro atoms. The van der Waals surface area contributed by atoms with Crippen LogP contribution in [-0.2, 0) is 11.3 Å². The van der Waals surface area contributed by atoms with E-state index < -0.39 is 11.4 Å². The van der Waals surface area contributed by atoms with Gasteiger partial charge >= 0.3 is 5.97 Å². The van der Waals surface area contributed by atoms with E-state index in [2.05, 4.69) is 5.32 Å². The van der Waals surface area contributed by atoms with Crippen molar-refractivity contribution in [1.82, 2.24) is 4.57 Å². The highest BCUT2D eigenvalue weighted by atomic mass is 16.5. The van der Waals surface area contributed by atoms with Crippen molar-refractivity contribution in [2.75, 3.05) is 19.0 Å². The molecule has 0 fully saturated rings. The molecule has 1 aromatic heterocycles. The summed E-state index contributed by atoms with van der Waals surface area (Å²) in [6, 6.07) is 10.2. The summed E-state index contributed by atoms with van der Waals surface area (Å²) >= 11 is 0. The first kappa shape index (κ1) is 21.1. The molecule has 0 aliphatic carbocycles. The van der Waals surface area contributed by atoms with Crippen LogP contribution in [0.3, 0.4) is 0 Å². The van der Waals surface area contributed by atoms with Crippen molar-refractivity contribution in [3.63, 3.8) is 0 Å². The Bertz CT molecular complexity index is 1180. The zero-order valence-electron chi connectivity index (χ0n) is 17.4. The molecule has 0 aliphatic rings. The zero-order valence-corrected chi connectivity index (χ0v) is 17.4. The minimum absolute atomic E-state index is 0.0297. The topological polar surface area (TPSA) is 86.6 Å². The van der Waals surface area contributed by atoms with Gasteiger partial charge in [-0.2, -0.15) is 0 Å². The van der Waals surface area contributed by atoms with E-state index in [-0.39, 0.29) is 18.1 Å². The van der Waals surface area contributed by atoms with Crippen LogP contribution in [0.15, 0.2) is 47.4 Å². The van der Waals surface area contributed by atoms with Crippen LogP contribution in [0.5, 0.6) is 5.75 Å². The molecule has 0 unspecified atom stereocenters. The largest absolute Gasteiger partial charge is 0.496 e. The average molecular weight is 408 g/mol. The highest BCUT2D eigenvalue weighted by Gasteiger charge is 2.17. The molecule has 3 rings (SSSR count). The third-order valence-corrected chi connectivity index (χ3v) is 4.84. The van der Waals surface area contributed by atoms with Gasteiger partial charge in [-0.1, -0.05) is 6.07 Å². The van der Waals surface area contributed by atoms with Crippen LogP contribution in [0.25, 0.3) is 10.9 Å². The molecule has 30 heavy (non-hydrogen) atoms. The van der Waals surface area contributed by atoms with Gasteiger partial charge in [0.25, 0.3) is 5.91 Å². The van der Waals surface area contributed by atoms with Gasteiger partial charge in [-0.3, -0.25) is 9.59 Å². The van der Waals surface area contributed by atoms with Crippen LogP contribution in [0.2, 0.25) is 0 Å². The number of ether oxygens (including phenoxy) is 2. The highest BCUT2D eigenvalue weighted by Crippen LogP contribution is 2.22. The van der Waals surface area contributed by atoms with Crippen molar-refractivity contribution >= 4 is 28.5 Å². The predicted octanol–water partition coefficient (Wildman–Crippen LogP) is 3.77. The lowest BCUT2D eigenvalue weighted by Gasteiger charge is -2.13. The normalized spacial score (nSPS) is 10.7. The Hall–Kier alpha value is -3.61. The number of benzene rings is 2. The molecule has 3 aromatic rings. The third kappa shape index (κ3) is 4.05. The van der Waals surface area contributed by atoms with Crippen LogP contribution in [0.1, 0.15) is 40.1 Å². The van der Waals surface area contributed by atoms with Gasteiger partial charge in [0.15, 0.2) is 0 Å². The van der Waals surface area contributed by atoms with Gasteiger partial charge in [0, 0.05) is 29.4 Å². The number of hydrogen-bond acceptors (Lipinski definition) is 5. The van der Waals surface area contributed by atoms with Gasteiger partial charge < -0.3 is 19.4 Å². The molecule has 7 heteroatoms. The Labute approximate surface area is 174 Å². The van der Waals surface area contributed by atoms with Crippen molar-refractivity contribution in [3.8, 4) is 5.75 Å².